The summed E-state index contributed by atoms with van der Waals surface area (Å²) in [5.41, 5.74) is 0.0129. The summed E-state index contributed by atoms with van der Waals surface area (Å²) < 4.78 is 1.61. The van der Waals surface area contributed by atoms with Crippen LogP contribution in [0.2, 0.25) is 10.0 Å². The number of hydrogen-bond acceptors (Lipinski definition) is 5. The molecule has 0 aliphatic carbocycles. The lowest BCUT2D eigenvalue weighted by Gasteiger charge is -2.21. The van der Waals surface area contributed by atoms with Gasteiger partial charge in [0.15, 0.2) is 10.8 Å². The summed E-state index contributed by atoms with van der Waals surface area (Å²) in [5.74, 6) is -0.438. The summed E-state index contributed by atoms with van der Waals surface area (Å²) in [5, 5.41) is 13.6. The monoisotopic (exact) mass is 389 g/mol. The van der Waals surface area contributed by atoms with Gasteiger partial charge in [-0.15, -0.1) is 10.2 Å². The second-order valence-corrected chi connectivity index (χ2v) is 8.29. The van der Waals surface area contributed by atoms with E-state index in [-0.39, 0.29) is 0 Å². The van der Waals surface area contributed by atoms with E-state index >= 15 is 0 Å². The topological polar surface area (TPSA) is 88.4 Å². The molecule has 0 aliphatic heterocycles. The van der Waals surface area contributed by atoms with E-state index in [1.165, 1.54) is 0 Å². The molecule has 2 rings (SSSR count). The molecule has 0 bridgehead atoms. The number of nitrogens with zero attached hydrogens (tertiary/aromatic N) is 3. The number of amides is 3. The van der Waals surface area contributed by atoms with Crippen molar-refractivity contribution in [1.29, 1.82) is 0 Å². The minimum absolute atomic E-state index is 0.364. The molecule has 130 valence electrons. The number of carbonyl (C=O) groups excluding carboxylic acids is 2. The van der Waals surface area contributed by atoms with Crippen molar-refractivity contribution < 1.29 is 9.59 Å². The molecule has 10 heteroatoms. The molecule has 0 saturated heterocycles. The van der Waals surface area contributed by atoms with Crippen molar-refractivity contribution >= 4 is 52.5 Å². The Morgan fingerprint density at radius 1 is 1.29 bits per heavy atom. The standard InChI is InChI=1S/C14H17Cl2N5O2S/c1-7(11(22)17-12(23)18-14(2,3)4)24-13-20-19-10-9(16)5-8(15)6-21(10)13/h5-7H,1-4H3,(H2,17,18,22,23)/t7-/m1/s1. The van der Waals surface area contributed by atoms with Crippen molar-refractivity contribution in [1.82, 2.24) is 25.2 Å². The van der Waals surface area contributed by atoms with Crippen LogP contribution in [0.5, 0.6) is 0 Å². The minimum atomic E-state index is -0.569. The molecule has 2 aromatic rings. The number of aromatic nitrogens is 3. The van der Waals surface area contributed by atoms with Crippen LogP contribution in [-0.2, 0) is 4.79 Å². The molecule has 3 amide bonds. The van der Waals surface area contributed by atoms with Gasteiger partial charge in [-0.2, -0.15) is 0 Å². The molecule has 2 aromatic heterocycles. The largest absolute Gasteiger partial charge is 0.333 e. The third-order valence-electron chi connectivity index (χ3n) is 2.77. The zero-order valence-corrected chi connectivity index (χ0v) is 15.9. The van der Waals surface area contributed by atoms with E-state index in [2.05, 4.69) is 20.8 Å². The summed E-state index contributed by atoms with van der Waals surface area (Å²) in [6, 6.07) is 1.02. The average molecular weight is 390 g/mol. The lowest BCUT2D eigenvalue weighted by molar-refractivity contribution is -0.119. The number of pyridine rings is 1. The first-order chi connectivity index (χ1) is 11.1. The van der Waals surface area contributed by atoms with Gasteiger partial charge in [0.1, 0.15) is 0 Å². The Labute approximate surface area is 153 Å². The van der Waals surface area contributed by atoms with Gasteiger partial charge < -0.3 is 5.32 Å². The van der Waals surface area contributed by atoms with Crippen LogP contribution in [0.15, 0.2) is 17.4 Å². The maximum Gasteiger partial charge on any atom is 0.321 e. The van der Waals surface area contributed by atoms with Crippen molar-refractivity contribution in [2.45, 2.75) is 43.6 Å². The molecule has 0 fully saturated rings. The normalized spacial score (nSPS) is 12.9. The maximum absolute atomic E-state index is 12.1. The van der Waals surface area contributed by atoms with E-state index in [1.807, 2.05) is 20.8 Å². The Morgan fingerprint density at radius 2 is 1.96 bits per heavy atom. The molecule has 24 heavy (non-hydrogen) atoms. The Hall–Kier alpha value is -1.51. The number of fused-ring (bicyclic) bond motifs is 1. The molecule has 0 saturated carbocycles. The third-order valence-corrected chi connectivity index (χ3v) is 4.31. The maximum atomic E-state index is 12.1. The van der Waals surface area contributed by atoms with E-state index in [0.717, 1.165) is 11.8 Å². The Balaban J connectivity index is 2.08. The summed E-state index contributed by atoms with van der Waals surface area (Å²) in [6.07, 6.45) is 1.61. The fourth-order valence-electron chi connectivity index (χ4n) is 1.78. The second-order valence-electron chi connectivity index (χ2n) is 6.14. The van der Waals surface area contributed by atoms with Gasteiger partial charge in [0.25, 0.3) is 0 Å². The molecule has 0 aliphatic rings. The van der Waals surface area contributed by atoms with Crippen LogP contribution in [-0.4, -0.2) is 37.3 Å². The van der Waals surface area contributed by atoms with E-state index in [9.17, 15) is 9.59 Å². The quantitative estimate of drug-likeness (QED) is 0.787. The second kappa shape index (κ2) is 7.16. The fourth-order valence-corrected chi connectivity index (χ4v) is 3.11. The zero-order chi connectivity index (χ0) is 18.1. The van der Waals surface area contributed by atoms with E-state index < -0.39 is 22.7 Å². The summed E-state index contributed by atoms with van der Waals surface area (Å²) in [6.45, 7) is 7.14. The number of urea groups is 1. The van der Waals surface area contributed by atoms with E-state index in [1.54, 1.807) is 23.6 Å². The molecule has 0 aromatic carbocycles. The molecule has 1 atom stereocenters. The Morgan fingerprint density at radius 3 is 2.58 bits per heavy atom. The van der Waals surface area contributed by atoms with Crippen molar-refractivity contribution in [3.63, 3.8) is 0 Å². The average Bonchev–Trinajstić information content (AvgIpc) is 2.79. The molecule has 0 spiro atoms. The number of hydrogen-bond donors (Lipinski definition) is 2. The highest BCUT2D eigenvalue weighted by Gasteiger charge is 2.22. The summed E-state index contributed by atoms with van der Waals surface area (Å²) in [7, 11) is 0. The first-order valence-electron chi connectivity index (χ1n) is 7.06. The smallest absolute Gasteiger partial charge is 0.321 e. The number of carbonyl (C=O) groups is 2. The first-order valence-corrected chi connectivity index (χ1v) is 8.70. The lowest BCUT2D eigenvalue weighted by Crippen LogP contribution is -2.49. The molecule has 0 radical (unpaired) electrons. The predicted molar refractivity (Wildman–Crippen MR) is 94.8 cm³/mol. The Bertz CT molecular complexity index is 787. The van der Waals surface area contributed by atoms with Gasteiger partial charge in [0, 0.05) is 11.7 Å². The third kappa shape index (κ3) is 4.75. The van der Waals surface area contributed by atoms with Crippen LogP contribution in [0.3, 0.4) is 0 Å². The van der Waals surface area contributed by atoms with Gasteiger partial charge in [-0.3, -0.25) is 14.5 Å². The molecule has 7 nitrogen and oxygen atoms in total. The van der Waals surface area contributed by atoms with Crippen molar-refractivity contribution in [3.05, 3.63) is 22.3 Å². The highest BCUT2D eigenvalue weighted by Crippen LogP contribution is 2.27. The van der Waals surface area contributed by atoms with Crippen LogP contribution < -0.4 is 10.6 Å². The molecule has 0 unspecified atom stereocenters. The van der Waals surface area contributed by atoms with Gasteiger partial charge in [-0.1, -0.05) is 35.0 Å². The fraction of sp³-hybridized carbons (Fsp3) is 0.429. The van der Waals surface area contributed by atoms with Gasteiger partial charge >= 0.3 is 6.03 Å². The van der Waals surface area contributed by atoms with Crippen LogP contribution in [0.1, 0.15) is 27.7 Å². The number of imide groups is 1. The Kier molecular flexibility index (Phi) is 5.62. The van der Waals surface area contributed by atoms with Gasteiger partial charge in [-0.25, -0.2) is 4.79 Å². The highest BCUT2D eigenvalue weighted by atomic mass is 35.5. The van der Waals surface area contributed by atoms with Crippen LogP contribution in [0.25, 0.3) is 5.65 Å². The minimum Gasteiger partial charge on any atom is -0.333 e. The van der Waals surface area contributed by atoms with Crippen LogP contribution in [0.4, 0.5) is 4.79 Å². The summed E-state index contributed by atoms with van der Waals surface area (Å²) in [4.78, 5) is 23.9. The highest BCUT2D eigenvalue weighted by molar-refractivity contribution is 8.00. The van der Waals surface area contributed by atoms with Crippen molar-refractivity contribution in [3.8, 4) is 0 Å². The molecule has 2 heterocycles. The number of rotatable bonds is 3. The van der Waals surface area contributed by atoms with Gasteiger partial charge in [-0.05, 0) is 33.8 Å². The van der Waals surface area contributed by atoms with Crippen LogP contribution >= 0.6 is 35.0 Å². The van der Waals surface area contributed by atoms with Gasteiger partial charge in [0.05, 0.1) is 15.3 Å². The van der Waals surface area contributed by atoms with E-state index in [4.69, 9.17) is 23.2 Å². The van der Waals surface area contributed by atoms with Crippen LogP contribution in [0, 0.1) is 0 Å². The lowest BCUT2D eigenvalue weighted by atomic mass is 10.1. The van der Waals surface area contributed by atoms with E-state index in [0.29, 0.717) is 20.8 Å². The molecular formula is C14H17Cl2N5O2S. The summed E-state index contributed by atoms with van der Waals surface area (Å²) >= 11 is 13.2. The number of halogens is 2. The first kappa shape index (κ1) is 18.8. The molecular weight excluding hydrogens is 373 g/mol. The van der Waals surface area contributed by atoms with Gasteiger partial charge in [0.2, 0.25) is 5.91 Å². The van der Waals surface area contributed by atoms with Crippen molar-refractivity contribution in [2.75, 3.05) is 0 Å². The number of nitrogens with one attached hydrogen (secondary N) is 2. The van der Waals surface area contributed by atoms with Crippen molar-refractivity contribution in [2.24, 2.45) is 0 Å². The molecule has 2 N–H and O–H groups in total. The number of thioether (sulfide) groups is 1. The predicted octanol–water partition coefficient (Wildman–Crippen LogP) is 3.14. The zero-order valence-electron chi connectivity index (χ0n) is 13.6. The SMILES string of the molecule is C[C@@H](Sc1nnc2c(Cl)cc(Cl)cn12)C(=O)NC(=O)NC(C)(C)C.